The van der Waals surface area contributed by atoms with Crippen LogP contribution in [-0.4, -0.2) is 29.3 Å². The number of thiophene rings is 2. The summed E-state index contributed by atoms with van der Waals surface area (Å²) in [5, 5.41) is 5.11. The van der Waals surface area contributed by atoms with E-state index in [1.165, 1.54) is 35.2 Å². The van der Waals surface area contributed by atoms with Crippen LogP contribution in [0.25, 0.3) is 0 Å². The Bertz CT molecular complexity index is 608. The van der Waals surface area contributed by atoms with Gasteiger partial charge in [-0.15, -0.1) is 11.3 Å². The Balaban J connectivity index is -0.0000000851. The van der Waals surface area contributed by atoms with Gasteiger partial charge in [0.1, 0.15) is 4.21 Å². The third-order valence-corrected chi connectivity index (χ3v) is 6.45. The smallest absolute Gasteiger partial charge is 0.184 e. The van der Waals surface area contributed by atoms with Gasteiger partial charge in [-0.2, -0.15) is 11.3 Å². The van der Waals surface area contributed by atoms with Gasteiger partial charge in [-0.1, -0.05) is 68.9 Å². The van der Waals surface area contributed by atoms with E-state index >= 15 is 0 Å². The van der Waals surface area contributed by atoms with Crippen molar-refractivity contribution in [3.05, 3.63) is 34.3 Å². The van der Waals surface area contributed by atoms with Crippen LogP contribution in [0.1, 0.15) is 62.8 Å². The molecule has 0 unspecified atom stereocenters. The molecule has 8 heteroatoms. The maximum absolute atomic E-state index is 10.7. The highest BCUT2D eigenvalue weighted by molar-refractivity contribution is 7.92. The molecule has 0 aromatic carbocycles. The first-order valence-electron chi connectivity index (χ1n) is 8.67. The first-order valence-corrected chi connectivity index (χ1v) is 14.3. The van der Waals surface area contributed by atoms with Crippen LogP contribution >= 0.6 is 22.7 Å². The van der Waals surface area contributed by atoms with Crippen molar-refractivity contribution in [2.75, 3.05) is 12.5 Å². The summed E-state index contributed by atoms with van der Waals surface area (Å²) in [6, 6.07) is 4.92. The Hall–Kier alpha value is -0.700. The highest BCUT2D eigenvalue weighted by Crippen LogP contribution is 2.14. The van der Waals surface area contributed by atoms with Crippen LogP contribution in [0.4, 0.5) is 0 Å². The summed E-state index contributed by atoms with van der Waals surface area (Å²) in [6.45, 7) is 16.0. The van der Waals surface area contributed by atoms with Gasteiger partial charge >= 0.3 is 0 Å². The summed E-state index contributed by atoms with van der Waals surface area (Å²) in [5.74, 6) is 0. The molecule has 0 aliphatic heterocycles. The molecule has 0 radical (unpaired) electrons. The highest BCUT2D eigenvalue weighted by atomic mass is 32.2. The van der Waals surface area contributed by atoms with Gasteiger partial charge in [0.25, 0.3) is 0 Å². The molecule has 0 amide bonds. The molecular formula is C19H40O4S4. The van der Waals surface area contributed by atoms with Gasteiger partial charge in [0.2, 0.25) is 0 Å². The van der Waals surface area contributed by atoms with Crippen molar-refractivity contribution in [2.45, 2.75) is 71.9 Å². The van der Waals surface area contributed by atoms with Gasteiger partial charge < -0.3 is 0 Å². The van der Waals surface area contributed by atoms with Crippen molar-refractivity contribution >= 4 is 42.3 Å². The molecule has 0 aliphatic carbocycles. The predicted octanol–water partition coefficient (Wildman–Crippen LogP) is 7.04. The highest BCUT2D eigenvalue weighted by Gasteiger charge is 2.05. The van der Waals surface area contributed by atoms with Crippen LogP contribution in [0, 0.1) is 0 Å². The molecule has 0 bridgehead atoms. The van der Waals surface area contributed by atoms with Crippen molar-refractivity contribution < 1.29 is 16.8 Å². The van der Waals surface area contributed by atoms with E-state index in [9.17, 15) is 16.8 Å². The van der Waals surface area contributed by atoms with E-state index in [1.54, 1.807) is 34.3 Å². The number of hydrogen-bond donors (Lipinski definition) is 0. The maximum atomic E-state index is 10.7. The van der Waals surface area contributed by atoms with Gasteiger partial charge in [-0.05, 0) is 22.9 Å². The average Bonchev–Trinajstić information content (AvgIpc) is 3.35. The van der Waals surface area contributed by atoms with E-state index in [0.29, 0.717) is 9.10 Å². The SMILES string of the molecule is C.CC.CC.CC.CC.CS(=O)(=O)c1cccs1.CS(=O)(=O)c1ccsc1. The van der Waals surface area contributed by atoms with E-state index in [0.717, 1.165) is 0 Å². The molecule has 27 heavy (non-hydrogen) atoms. The lowest BCUT2D eigenvalue weighted by molar-refractivity contribution is 0.601. The van der Waals surface area contributed by atoms with Crippen molar-refractivity contribution in [3.63, 3.8) is 0 Å². The minimum absolute atomic E-state index is 0. The molecule has 2 aromatic heterocycles. The van der Waals surface area contributed by atoms with Gasteiger partial charge in [0, 0.05) is 17.9 Å². The molecule has 0 aliphatic rings. The first-order chi connectivity index (χ1) is 12.2. The summed E-state index contributed by atoms with van der Waals surface area (Å²) in [7, 11) is -5.89. The van der Waals surface area contributed by atoms with Crippen LogP contribution in [-0.2, 0) is 19.7 Å². The molecule has 2 rings (SSSR count). The Morgan fingerprint density at radius 3 is 1.30 bits per heavy atom. The summed E-state index contributed by atoms with van der Waals surface area (Å²) in [6.07, 6.45) is 2.41. The minimum Gasteiger partial charge on any atom is -0.224 e. The second-order valence-corrected chi connectivity index (χ2v) is 9.42. The molecular weight excluding hydrogens is 420 g/mol. The zero-order chi connectivity index (χ0) is 21.8. The zero-order valence-electron chi connectivity index (χ0n) is 17.7. The second-order valence-electron chi connectivity index (χ2n) is 3.44. The standard InChI is InChI=1S/2C5H6O2S2.4C2H6.CH4/c1-9(6,7)5-2-3-8-4-5;1-9(6,7)5-3-2-4-8-5;4*1-2;/h2*2-4H,1H3;4*1-2H3;1H4. The third-order valence-electron chi connectivity index (χ3n) is 1.78. The number of sulfone groups is 2. The van der Waals surface area contributed by atoms with Gasteiger partial charge in [0.05, 0.1) is 4.90 Å². The Morgan fingerprint density at radius 2 is 1.15 bits per heavy atom. The number of rotatable bonds is 2. The Kier molecular flexibility index (Phi) is 32.1. The summed E-state index contributed by atoms with van der Waals surface area (Å²) in [4.78, 5) is 0.410. The second kappa shape index (κ2) is 23.3. The summed E-state index contributed by atoms with van der Waals surface area (Å²) in [5.41, 5.74) is 0. The fraction of sp³-hybridized carbons (Fsp3) is 0.579. The normalized spacial score (nSPS) is 8.67. The fourth-order valence-corrected chi connectivity index (χ4v) is 4.36. The van der Waals surface area contributed by atoms with E-state index in [2.05, 4.69) is 0 Å². The third kappa shape index (κ3) is 21.5. The molecule has 4 nitrogen and oxygen atoms in total. The van der Waals surface area contributed by atoms with Crippen LogP contribution in [0.3, 0.4) is 0 Å². The molecule has 2 heterocycles. The molecule has 0 N–H and O–H groups in total. The van der Waals surface area contributed by atoms with E-state index < -0.39 is 19.7 Å². The Morgan fingerprint density at radius 1 is 0.704 bits per heavy atom. The van der Waals surface area contributed by atoms with Crippen molar-refractivity contribution in [3.8, 4) is 0 Å². The van der Waals surface area contributed by atoms with Crippen LogP contribution in [0.15, 0.2) is 43.4 Å². The lowest BCUT2D eigenvalue weighted by Crippen LogP contribution is -1.92. The van der Waals surface area contributed by atoms with Gasteiger partial charge in [-0.3, -0.25) is 0 Å². The predicted molar refractivity (Wildman–Crippen MR) is 127 cm³/mol. The molecule has 0 fully saturated rings. The van der Waals surface area contributed by atoms with Gasteiger partial charge in [0.15, 0.2) is 19.7 Å². The van der Waals surface area contributed by atoms with Crippen molar-refractivity contribution in [1.29, 1.82) is 0 Å². The zero-order valence-corrected chi connectivity index (χ0v) is 21.0. The van der Waals surface area contributed by atoms with E-state index in [-0.39, 0.29) is 7.43 Å². The quantitative estimate of drug-likeness (QED) is 0.481. The summed E-state index contributed by atoms with van der Waals surface area (Å²) >= 11 is 2.63. The van der Waals surface area contributed by atoms with Crippen LogP contribution in [0.2, 0.25) is 0 Å². The van der Waals surface area contributed by atoms with Crippen LogP contribution < -0.4 is 0 Å². The van der Waals surface area contributed by atoms with Crippen molar-refractivity contribution in [2.24, 2.45) is 0 Å². The average molecular weight is 461 g/mol. The molecule has 0 atom stereocenters. The fourth-order valence-electron chi connectivity index (χ4n) is 0.937. The first kappa shape index (κ1) is 37.1. The molecule has 2 aromatic rings. The number of hydrogen-bond acceptors (Lipinski definition) is 6. The monoisotopic (exact) mass is 460 g/mol. The summed E-state index contributed by atoms with van der Waals surface area (Å²) < 4.78 is 43.2. The van der Waals surface area contributed by atoms with Crippen LogP contribution in [0.5, 0.6) is 0 Å². The largest absolute Gasteiger partial charge is 0.224 e. The van der Waals surface area contributed by atoms with Crippen molar-refractivity contribution in [1.82, 2.24) is 0 Å². The van der Waals surface area contributed by atoms with Gasteiger partial charge in [-0.25, -0.2) is 16.8 Å². The Labute approximate surface area is 177 Å². The molecule has 0 spiro atoms. The maximum Gasteiger partial charge on any atom is 0.184 e. The lowest BCUT2D eigenvalue weighted by Gasteiger charge is -1.86. The van der Waals surface area contributed by atoms with E-state index in [1.807, 2.05) is 55.4 Å². The minimum atomic E-state index is -2.95. The molecule has 0 saturated carbocycles. The molecule has 0 saturated heterocycles. The van der Waals surface area contributed by atoms with E-state index in [4.69, 9.17) is 0 Å². The molecule has 164 valence electrons. The lowest BCUT2D eigenvalue weighted by atomic mass is 10.7. The topological polar surface area (TPSA) is 68.3 Å².